The van der Waals surface area contributed by atoms with E-state index in [0.717, 1.165) is 11.1 Å². The van der Waals surface area contributed by atoms with E-state index in [1.807, 2.05) is 94.4 Å². The Labute approximate surface area is 255 Å². The van der Waals surface area contributed by atoms with Crippen molar-refractivity contribution in [1.29, 1.82) is 0 Å². The molecule has 6 heteroatoms. The Bertz CT molecular complexity index is 1400. The van der Waals surface area contributed by atoms with Gasteiger partial charge in [0.05, 0.1) is 12.0 Å². The Morgan fingerprint density at radius 2 is 1.26 bits per heavy atom. The first-order valence-electron chi connectivity index (χ1n) is 15.0. The van der Waals surface area contributed by atoms with Gasteiger partial charge >= 0.3 is 0 Å². The van der Waals surface area contributed by atoms with Gasteiger partial charge in [0.25, 0.3) is 0 Å². The Kier molecular flexibility index (Phi) is 11.9. The van der Waals surface area contributed by atoms with Gasteiger partial charge in [-0.2, -0.15) is 0 Å². The quantitative estimate of drug-likeness (QED) is 0.157. The van der Waals surface area contributed by atoms with E-state index in [9.17, 15) is 24.0 Å². The molecular weight excluding hydrogens is 538 g/mol. The summed E-state index contributed by atoms with van der Waals surface area (Å²) in [5.74, 6) is -3.71. The number of hydrogen-bond donors (Lipinski definition) is 1. The summed E-state index contributed by atoms with van der Waals surface area (Å²) in [6, 6.07) is 26.9. The molecule has 0 heterocycles. The molecule has 0 fully saturated rings. The summed E-state index contributed by atoms with van der Waals surface area (Å²) in [6.07, 6.45) is 0.349. The van der Waals surface area contributed by atoms with Crippen LogP contribution in [0.4, 0.5) is 0 Å². The second-order valence-electron chi connectivity index (χ2n) is 12.2. The topological polar surface area (TPSA) is 97.4 Å². The number of Topliss-reactive ketones (excluding diaryl/α,β-unsaturated/α-hetero) is 4. The molecule has 1 N–H and O–H groups in total. The van der Waals surface area contributed by atoms with Crippen LogP contribution in [0, 0.1) is 17.8 Å². The standard InChI is InChI=1S/C37H43NO5/c1-25(2)30(35(42)32(39)22-21-27-15-9-6-10-16-27)23-33(40)26(3)38-36(43)31(24-34(41)28-17-11-7-12-18-28)37(4,5)29-19-13-8-14-20-29/h6-20,25-26,30-31H,21-24H2,1-5H3,(H,38,43)/t26-,30-,31+/m0/s1. The summed E-state index contributed by atoms with van der Waals surface area (Å²) in [6.45, 7) is 9.07. The molecule has 43 heavy (non-hydrogen) atoms. The van der Waals surface area contributed by atoms with E-state index in [1.54, 1.807) is 31.2 Å². The molecular formula is C37H43NO5. The first-order valence-corrected chi connectivity index (χ1v) is 15.0. The Morgan fingerprint density at radius 3 is 1.81 bits per heavy atom. The molecule has 0 saturated heterocycles. The number of carbonyl (C=O) groups excluding carboxylic acids is 5. The van der Waals surface area contributed by atoms with E-state index < -0.39 is 40.8 Å². The van der Waals surface area contributed by atoms with Crippen molar-refractivity contribution in [3.63, 3.8) is 0 Å². The summed E-state index contributed by atoms with van der Waals surface area (Å²) < 4.78 is 0. The van der Waals surface area contributed by atoms with Crippen LogP contribution in [0.25, 0.3) is 0 Å². The zero-order valence-electron chi connectivity index (χ0n) is 25.8. The second-order valence-corrected chi connectivity index (χ2v) is 12.2. The molecule has 226 valence electrons. The van der Waals surface area contributed by atoms with Crippen LogP contribution in [-0.2, 0) is 31.0 Å². The van der Waals surface area contributed by atoms with Gasteiger partial charge in [0.2, 0.25) is 11.7 Å². The van der Waals surface area contributed by atoms with Crippen molar-refractivity contribution in [2.24, 2.45) is 17.8 Å². The molecule has 0 unspecified atom stereocenters. The Balaban J connectivity index is 1.72. The maximum absolute atomic E-state index is 13.8. The van der Waals surface area contributed by atoms with Crippen molar-refractivity contribution in [3.05, 3.63) is 108 Å². The first kappa shape index (κ1) is 33.3. The van der Waals surface area contributed by atoms with Crippen LogP contribution in [0.5, 0.6) is 0 Å². The van der Waals surface area contributed by atoms with Gasteiger partial charge in [-0.3, -0.25) is 24.0 Å². The van der Waals surface area contributed by atoms with Gasteiger partial charge in [-0.15, -0.1) is 0 Å². The highest BCUT2D eigenvalue weighted by molar-refractivity contribution is 6.38. The molecule has 1 amide bonds. The largest absolute Gasteiger partial charge is 0.346 e. The minimum Gasteiger partial charge on any atom is -0.346 e. The molecule has 0 aromatic heterocycles. The molecule has 6 nitrogen and oxygen atoms in total. The highest BCUT2D eigenvalue weighted by Gasteiger charge is 2.39. The molecule has 0 aliphatic rings. The van der Waals surface area contributed by atoms with E-state index in [2.05, 4.69) is 5.32 Å². The van der Waals surface area contributed by atoms with Crippen LogP contribution >= 0.6 is 0 Å². The van der Waals surface area contributed by atoms with Crippen LogP contribution in [0.1, 0.15) is 75.4 Å². The maximum atomic E-state index is 13.8. The number of hydrogen-bond acceptors (Lipinski definition) is 5. The maximum Gasteiger partial charge on any atom is 0.225 e. The third-order valence-electron chi connectivity index (χ3n) is 8.35. The van der Waals surface area contributed by atoms with Crippen molar-refractivity contribution in [1.82, 2.24) is 5.32 Å². The lowest BCUT2D eigenvalue weighted by molar-refractivity contribution is -0.141. The summed E-state index contributed by atoms with van der Waals surface area (Å²) in [4.78, 5) is 66.3. The highest BCUT2D eigenvalue weighted by atomic mass is 16.2. The number of ketones is 4. The Morgan fingerprint density at radius 1 is 0.721 bits per heavy atom. The van der Waals surface area contributed by atoms with Crippen LogP contribution in [0.2, 0.25) is 0 Å². The monoisotopic (exact) mass is 581 g/mol. The first-order chi connectivity index (χ1) is 20.4. The van der Waals surface area contributed by atoms with Crippen molar-refractivity contribution in [3.8, 4) is 0 Å². The summed E-state index contributed by atoms with van der Waals surface area (Å²) >= 11 is 0. The van der Waals surface area contributed by atoms with Crippen LogP contribution < -0.4 is 5.32 Å². The predicted octanol–water partition coefficient (Wildman–Crippen LogP) is 6.36. The minimum atomic E-state index is -0.901. The minimum absolute atomic E-state index is 0.0400. The zero-order chi connectivity index (χ0) is 31.6. The Hall–Kier alpha value is -4.19. The molecule has 0 bridgehead atoms. The summed E-state index contributed by atoms with van der Waals surface area (Å²) in [5, 5.41) is 2.83. The second kappa shape index (κ2) is 15.3. The van der Waals surface area contributed by atoms with Crippen LogP contribution in [0.15, 0.2) is 91.0 Å². The average Bonchev–Trinajstić information content (AvgIpc) is 3.01. The molecule has 0 aliphatic heterocycles. The van der Waals surface area contributed by atoms with E-state index in [1.165, 1.54) is 0 Å². The summed E-state index contributed by atoms with van der Waals surface area (Å²) in [7, 11) is 0. The van der Waals surface area contributed by atoms with Gasteiger partial charge in [-0.25, -0.2) is 0 Å². The zero-order valence-corrected chi connectivity index (χ0v) is 25.8. The molecule has 3 rings (SSSR count). The van der Waals surface area contributed by atoms with Crippen molar-refractivity contribution in [2.75, 3.05) is 0 Å². The fourth-order valence-electron chi connectivity index (χ4n) is 5.32. The number of rotatable bonds is 16. The van der Waals surface area contributed by atoms with Gasteiger partial charge in [0.1, 0.15) is 0 Å². The van der Waals surface area contributed by atoms with E-state index in [-0.39, 0.29) is 36.7 Å². The third-order valence-corrected chi connectivity index (χ3v) is 8.35. The van der Waals surface area contributed by atoms with Crippen molar-refractivity contribution >= 4 is 29.0 Å². The molecule has 3 aromatic rings. The van der Waals surface area contributed by atoms with Crippen molar-refractivity contribution in [2.45, 2.75) is 71.8 Å². The smallest absolute Gasteiger partial charge is 0.225 e. The molecule has 0 saturated carbocycles. The van der Waals surface area contributed by atoms with Gasteiger partial charge in [-0.1, -0.05) is 119 Å². The predicted molar refractivity (Wildman–Crippen MR) is 169 cm³/mol. The lowest BCUT2D eigenvalue weighted by Crippen LogP contribution is -2.48. The van der Waals surface area contributed by atoms with E-state index >= 15 is 0 Å². The average molecular weight is 582 g/mol. The third kappa shape index (κ3) is 9.15. The fourth-order valence-corrected chi connectivity index (χ4v) is 5.32. The van der Waals surface area contributed by atoms with Crippen LogP contribution in [-0.4, -0.2) is 35.1 Å². The summed E-state index contributed by atoms with van der Waals surface area (Å²) in [5.41, 5.74) is 1.66. The van der Waals surface area contributed by atoms with E-state index in [4.69, 9.17) is 0 Å². The normalized spacial score (nSPS) is 13.5. The number of aryl methyl sites for hydroxylation is 1. The van der Waals surface area contributed by atoms with Gasteiger partial charge in [-0.05, 0) is 30.4 Å². The highest BCUT2D eigenvalue weighted by Crippen LogP contribution is 2.35. The number of carbonyl (C=O) groups is 5. The molecule has 0 spiro atoms. The molecule has 0 radical (unpaired) electrons. The van der Waals surface area contributed by atoms with Gasteiger partial charge < -0.3 is 5.32 Å². The fraction of sp³-hybridized carbons (Fsp3) is 0.378. The van der Waals surface area contributed by atoms with E-state index in [0.29, 0.717) is 12.0 Å². The number of benzene rings is 3. The van der Waals surface area contributed by atoms with Gasteiger partial charge in [0.15, 0.2) is 17.3 Å². The SMILES string of the molecule is CC(C)[C@H](CC(=O)[C@H](C)NC(=O)[C@@H](CC(=O)c1ccccc1)C(C)(C)c1ccccc1)C(=O)C(=O)CCc1ccccc1. The lowest BCUT2D eigenvalue weighted by Gasteiger charge is -2.34. The molecule has 3 aromatic carbocycles. The number of nitrogens with one attached hydrogen (secondary N) is 1. The van der Waals surface area contributed by atoms with Gasteiger partial charge in [0, 0.05) is 36.2 Å². The van der Waals surface area contributed by atoms with Crippen LogP contribution in [0.3, 0.4) is 0 Å². The number of amides is 1. The lowest BCUT2D eigenvalue weighted by atomic mass is 9.70. The molecule has 0 aliphatic carbocycles. The molecule has 3 atom stereocenters. The van der Waals surface area contributed by atoms with Crippen molar-refractivity contribution < 1.29 is 24.0 Å².